The van der Waals surface area contributed by atoms with Gasteiger partial charge in [-0.2, -0.15) is 13.2 Å². The molecule has 2 nitrogen and oxygen atoms in total. The van der Waals surface area contributed by atoms with Gasteiger partial charge in [-0.05, 0) is 13.0 Å². The largest absolute Gasteiger partial charge is 0.417 e. The second-order valence-electron chi connectivity index (χ2n) is 2.78. The quantitative estimate of drug-likeness (QED) is 0.746. The van der Waals surface area contributed by atoms with Gasteiger partial charge in [0.15, 0.2) is 0 Å². The Bertz CT molecular complexity index is 338. The molecule has 0 aliphatic carbocycles. The number of pyridine rings is 1. The lowest BCUT2D eigenvalue weighted by atomic mass is 10.1. The van der Waals surface area contributed by atoms with Crippen LogP contribution in [0.25, 0.3) is 0 Å². The second kappa shape index (κ2) is 3.74. The average molecular weight is 226 g/mol. The predicted molar refractivity (Wildman–Crippen MR) is 44.9 cm³/mol. The van der Waals surface area contributed by atoms with Crippen molar-refractivity contribution in [2.45, 2.75) is 19.2 Å². The maximum atomic E-state index is 12.2. The van der Waals surface area contributed by atoms with E-state index < -0.39 is 17.8 Å². The summed E-state index contributed by atoms with van der Waals surface area (Å²) >= 11 is 5.50. The SMILES string of the molecule is CC(O)c1cc(C(F)(F)F)cnc1Cl. The Hall–Kier alpha value is -0.810. The molecule has 14 heavy (non-hydrogen) atoms. The first-order valence-corrected chi connectivity index (χ1v) is 4.11. The molecule has 0 aliphatic rings. The zero-order valence-corrected chi connectivity index (χ0v) is 7.89. The van der Waals surface area contributed by atoms with Crippen LogP contribution in [0.5, 0.6) is 0 Å². The number of aliphatic hydroxyl groups is 1. The van der Waals surface area contributed by atoms with E-state index in [-0.39, 0.29) is 10.7 Å². The normalized spacial score (nSPS) is 14.1. The van der Waals surface area contributed by atoms with Crippen molar-refractivity contribution in [3.05, 3.63) is 28.5 Å². The molecule has 0 saturated carbocycles. The van der Waals surface area contributed by atoms with Gasteiger partial charge in [-0.1, -0.05) is 11.6 Å². The van der Waals surface area contributed by atoms with Gasteiger partial charge in [0.2, 0.25) is 0 Å². The Morgan fingerprint density at radius 2 is 2.07 bits per heavy atom. The number of aliphatic hydroxyl groups excluding tert-OH is 1. The number of hydrogen-bond acceptors (Lipinski definition) is 2. The van der Waals surface area contributed by atoms with Gasteiger partial charge < -0.3 is 5.11 Å². The fraction of sp³-hybridized carbons (Fsp3) is 0.375. The van der Waals surface area contributed by atoms with E-state index in [0.29, 0.717) is 6.20 Å². The smallest absolute Gasteiger partial charge is 0.389 e. The number of rotatable bonds is 1. The molecule has 0 aromatic carbocycles. The summed E-state index contributed by atoms with van der Waals surface area (Å²) in [5, 5.41) is 8.99. The maximum Gasteiger partial charge on any atom is 0.417 e. The van der Waals surface area contributed by atoms with E-state index in [0.717, 1.165) is 6.07 Å². The van der Waals surface area contributed by atoms with Gasteiger partial charge in [0, 0.05) is 11.8 Å². The van der Waals surface area contributed by atoms with Crippen molar-refractivity contribution in [1.29, 1.82) is 0 Å². The number of hydrogen-bond donors (Lipinski definition) is 1. The van der Waals surface area contributed by atoms with Crippen LogP contribution in [0.1, 0.15) is 24.2 Å². The Labute approximate surface area is 83.3 Å². The molecule has 0 spiro atoms. The van der Waals surface area contributed by atoms with Crippen LogP contribution in [0.15, 0.2) is 12.3 Å². The minimum absolute atomic E-state index is 0.0264. The summed E-state index contributed by atoms with van der Waals surface area (Å²) in [5.41, 5.74) is -0.945. The molecular formula is C8H7ClF3NO. The van der Waals surface area contributed by atoms with E-state index in [1.165, 1.54) is 6.92 Å². The molecule has 1 heterocycles. The van der Waals surface area contributed by atoms with Crippen LogP contribution in [0.3, 0.4) is 0 Å². The highest BCUT2D eigenvalue weighted by atomic mass is 35.5. The first-order chi connectivity index (χ1) is 6.32. The lowest BCUT2D eigenvalue weighted by Gasteiger charge is -2.10. The first kappa shape index (κ1) is 11.3. The lowest BCUT2D eigenvalue weighted by molar-refractivity contribution is -0.137. The lowest BCUT2D eigenvalue weighted by Crippen LogP contribution is -2.07. The summed E-state index contributed by atoms with van der Waals surface area (Å²) in [4.78, 5) is 3.35. The van der Waals surface area contributed by atoms with Gasteiger partial charge in [-0.3, -0.25) is 0 Å². The van der Waals surface area contributed by atoms with E-state index in [9.17, 15) is 13.2 Å². The van der Waals surface area contributed by atoms with Crippen molar-refractivity contribution >= 4 is 11.6 Å². The van der Waals surface area contributed by atoms with Crippen molar-refractivity contribution in [3.63, 3.8) is 0 Å². The highest BCUT2D eigenvalue weighted by Crippen LogP contribution is 2.32. The van der Waals surface area contributed by atoms with Crippen molar-refractivity contribution in [1.82, 2.24) is 4.98 Å². The van der Waals surface area contributed by atoms with E-state index in [4.69, 9.17) is 16.7 Å². The molecule has 1 unspecified atom stereocenters. The van der Waals surface area contributed by atoms with E-state index >= 15 is 0 Å². The Morgan fingerprint density at radius 1 is 1.50 bits per heavy atom. The Balaban J connectivity index is 3.20. The van der Waals surface area contributed by atoms with Crippen molar-refractivity contribution < 1.29 is 18.3 Å². The molecule has 1 rings (SSSR count). The van der Waals surface area contributed by atoms with Crippen LogP contribution >= 0.6 is 11.6 Å². The van der Waals surface area contributed by atoms with Crippen molar-refractivity contribution in [2.75, 3.05) is 0 Å². The molecule has 0 aliphatic heterocycles. The Morgan fingerprint density at radius 3 is 2.50 bits per heavy atom. The fourth-order valence-corrected chi connectivity index (χ4v) is 1.17. The van der Waals surface area contributed by atoms with E-state index in [2.05, 4.69) is 4.98 Å². The molecule has 1 N–H and O–H groups in total. The summed E-state index contributed by atoms with van der Waals surface area (Å²) in [5.74, 6) is 0. The third-order valence-corrected chi connectivity index (χ3v) is 1.96. The van der Waals surface area contributed by atoms with Crippen LogP contribution in [-0.4, -0.2) is 10.1 Å². The third kappa shape index (κ3) is 2.36. The zero-order valence-electron chi connectivity index (χ0n) is 7.14. The molecule has 1 aromatic heterocycles. The minimum atomic E-state index is -4.47. The summed E-state index contributed by atoms with van der Waals surface area (Å²) in [6, 6.07) is 0.792. The molecule has 0 fully saturated rings. The molecule has 6 heteroatoms. The number of nitrogens with zero attached hydrogens (tertiary/aromatic N) is 1. The number of halogens is 4. The third-order valence-electron chi connectivity index (χ3n) is 1.64. The van der Waals surface area contributed by atoms with Gasteiger partial charge in [-0.15, -0.1) is 0 Å². The van der Waals surface area contributed by atoms with Crippen molar-refractivity contribution in [2.24, 2.45) is 0 Å². The zero-order chi connectivity index (χ0) is 10.9. The van der Waals surface area contributed by atoms with Gasteiger partial charge in [0.05, 0.1) is 11.7 Å². The molecule has 0 bridgehead atoms. The Kier molecular flexibility index (Phi) is 3.01. The van der Waals surface area contributed by atoms with Gasteiger partial charge in [0.1, 0.15) is 5.15 Å². The van der Waals surface area contributed by atoms with Crippen LogP contribution in [-0.2, 0) is 6.18 Å². The van der Waals surface area contributed by atoms with Crippen LogP contribution in [0.2, 0.25) is 5.15 Å². The molecule has 0 saturated heterocycles. The van der Waals surface area contributed by atoms with Crippen LogP contribution in [0.4, 0.5) is 13.2 Å². The van der Waals surface area contributed by atoms with Gasteiger partial charge >= 0.3 is 6.18 Å². The topological polar surface area (TPSA) is 33.1 Å². The molecule has 0 radical (unpaired) electrons. The van der Waals surface area contributed by atoms with E-state index in [1.54, 1.807) is 0 Å². The highest BCUT2D eigenvalue weighted by Gasteiger charge is 2.31. The molecule has 0 amide bonds. The predicted octanol–water partition coefficient (Wildman–Crippen LogP) is 2.81. The summed E-state index contributed by atoms with van der Waals surface area (Å²) in [6.45, 7) is 1.32. The summed E-state index contributed by atoms with van der Waals surface area (Å²) in [6.07, 6.45) is -4.91. The van der Waals surface area contributed by atoms with Gasteiger partial charge in [-0.25, -0.2) is 4.98 Å². The summed E-state index contributed by atoms with van der Waals surface area (Å²) in [7, 11) is 0. The maximum absolute atomic E-state index is 12.2. The number of aromatic nitrogens is 1. The van der Waals surface area contributed by atoms with Crippen LogP contribution in [0, 0.1) is 0 Å². The number of alkyl halides is 3. The first-order valence-electron chi connectivity index (χ1n) is 3.73. The van der Waals surface area contributed by atoms with Crippen LogP contribution < -0.4 is 0 Å². The van der Waals surface area contributed by atoms with Gasteiger partial charge in [0.25, 0.3) is 0 Å². The highest BCUT2D eigenvalue weighted by molar-refractivity contribution is 6.30. The minimum Gasteiger partial charge on any atom is -0.389 e. The average Bonchev–Trinajstić information content (AvgIpc) is 2.02. The molecular weight excluding hydrogens is 219 g/mol. The van der Waals surface area contributed by atoms with E-state index in [1.807, 2.05) is 0 Å². The monoisotopic (exact) mass is 225 g/mol. The summed E-state index contributed by atoms with van der Waals surface area (Å²) < 4.78 is 36.6. The fourth-order valence-electron chi connectivity index (χ4n) is 0.913. The second-order valence-corrected chi connectivity index (χ2v) is 3.14. The molecule has 1 aromatic rings. The standard InChI is InChI=1S/C8H7ClF3NO/c1-4(14)6-2-5(8(10,11)12)3-13-7(6)9/h2-4,14H,1H3. The molecule has 78 valence electrons. The van der Waals surface area contributed by atoms with Crippen molar-refractivity contribution in [3.8, 4) is 0 Å². The molecule has 1 atom stereocenters.